The summed E-state index contributed by atoms with van der Waals surface area (Å²) in [6.45, 7) is 0.829. The number of nitrogens with zero attached hydrogens (tertiary/aromatic N) is 4. The van der Waals surface area contributed by atoms with Gasteiger partial charge in [0.05, 0.1) is 17.4 Å². The fraction of sp³-hybridized carbons (Fsp3) is 0.304. The Morgan fingerprint density at radius 1 is 1.23 bits per heavy atom. The van der Waals surface area contributed by atoms with Crippen molar-refractivity contribution in [2.45, 2.75) is 31.7 Å². The third kappa shape index (κ3) is 4.49. The molecule has 4 N–H and O–H groups in total. The van der Waals surface area contributed by atoms with Gasteiger partial charge in [-0.05, 0) is 56.0 Å². The van der Waals surface area contributed by atoms with E-state index in [1.807, 2.05) is 29.2 Å². The minimum absolute atomic E-state index is 0.000817. The number of benzene rings is 2. The zero-order valence-electron chi connectivity index (χ0n) is 17.2. The van der Waals surface area contributed by atoms with Gasteiger partial charge < -0.3 is 15.8 Å². The summed E-state index contributed by atoms with van der Waals surface area (Å²) in [5, 5.41) is 21.3. The topological polar surface area (TPSA) is 120 Å². The maximum Gasteiger partial charge on any atom is 0.254 e. The molecule has 4 rings (SSSR count). The van der Waals surface area contributed by atoms with Crippen LogP contribution in [0.5, 0.6) is 0 Å². The largest absolute Gasteiger partial charge is 0.396 e. The lowest BCUT2D eigenvalue weighted by Gasteiger charge is -2.35. The zero-order valence-corrected chi connectivity index (χ0v) is 17.2. The first-order valence-electron chi connectivity index (χ1n) is 10.5. The van der Waals surface area contributed by atoms with Gasteiger partial charge in [0.1, 0.15) is 11.4 Å². The van der Waals surface area contributed by atoms with Crippen molar-refractivity contribution in [3.05, 3.63) is 59.8 Å². The summed E-state index contributed by atoms with van der Waals surface area (Å²) in [7, 11) is 0. The first-order valence-corrected chi connectivity index (χ1v) is 10.5. The molecule has 2 aromatic carbocycles. The second-order valence-corrected chi connectivity index (χ2v) is 7.60. The van der Waals surface area contributed by atoms with Crippen LogP contribution in [0.25, 0.3) is 10.9 Å². The molecule has 3 aromatic rings. The Balaban J connectivity index is 1.49. The van der Waals surface area contributed by atoms with Crippen LogP contribution in [0.4, 0.5) is 5.69 Å². The van der Waals surface area contributed by atoms with Crippen LogP contribution >= 0.6 is 0 Å². The Hall–Kier alpha value is -3.52. The summed E-state index contributed by atoms with van der Waals surface area (Å²) in [4.78, 5) is 19.3. The van der Waals surface area contributed by atoms with E-state index in [-0.39, 0.29) is 18.6 Å². The van der Waals surface area contributed by atoms with Crippen molar-refractivity contribution in [3.8, 4) is 0 Å². The van der Waals surface area contributed by atoms with Gasteiger partial charge in [-0.15, -0.1) is 0 Å². The Morgan fingerprint density at radius 2 is 2.03 bits per heavy atom. The van der Waals surface area contributed by atoms with E-state index in [0.29, 0.717) is 29.1 Å². The smallest absolute Gasteiger partial charge is 0.254 e. The molecule has 0 saturated carbocycles. The van der Waals surface area contributed by atoms with E-state index < -0.39 is 0 Å². The van der Waals surface area contributed by atoms with E-state index in [2.05, 4.69) is 20.3 Å². The monoisotopic (exact) mass is 418 g/mol. The molecule has 31 heavy (non-hydrogen) atoms. The molecule has 160 valence electrons. The standard InChI is InChI=1S/C23H26N6O2/c24-26-21(22-19-6-1-2-7-20(19)27-28-22)15-25-17-10-8-16(9-11-17)23(31)29-13-4-3-5-18(29)12-14-30/h1-2,6-11,15,18,30H,3-5,12-14,24H2,(H,27,28). The van der Waals surface area contributed by atoms with Crippen LogP contribution < -0.4 is 5.84 Å². The molecule has 1 saturated heterocycles. The van der Waals surface area contributed by atoms with Crippen LogP contribution in [0.3, 0.4) is 0 Å². The summed E-state index contributed by atoms with van der Waals surface area (Å²) >= 11 is 0. The number of nitrogens with one attached hydrogen (secondary N) is 1. The van der Waals surface area contributed by atoms with Crippen molar-refractivity contribution in [2.24, 2.45) is 15.9 Å². The number of hydrazone groups is 1. The van der Waals surface area contributed by atoms with Gasteiger partial charge in [0.25, 0.3) is 5.91 Å². The van der Waals surface area contributed by atoms with Crippen molar-refractivity contribution in [3.63, 3.8) is 0 Å². The molecule has 0 aliphatic carbocycles. The number of likely N-dealkylation sites (tertiary alicyclic amines) is 1. The molecule has 1 fully saturated rings. The molecule has 8 nitrogen and oxygen atoms in total. The van der Waals surface area contributed by atoms with Crippen LogP contribution in [0.15, 0.2) is 58.6 Å². The molecule has 0 bridgehead atoms. The first kappa shape index (κ1) is 20.7. The Kier molecular flexibility index (Phi) is 6.37. The summed E-state index contributed by atoms with van der Waals surface area (Å²) in [5.41, 5.74) is 3.29. The number of aliphatic imine (C=N–C) groups is 1. The van der Waals surface area contributed by atoms with E-state index in [0.717, 1.165) is 36.7 Å². The highest BCUT2D eigenvalue weighted by molar-refractivity contribution is 6.40. The number of aliphatic hydroxyl groups is 1. The Bertz CT molecular complexity index is 1100. The van der Waals surface area contributed by atoms with Gasteiger partial charge in [-0.25, -0.2) is 0 Å². The number of fused-ring (bicyclic) bond motifs is 1. The second-order valence-electron chi connectivity index (χ2n) is 7.60. The number of amides is 1. The van der Waals surface area contributed by atoms with Crippen molar-refractivity contribution < 1.29 is 9.90 Å². The van der Waals surface area contributed by atoms with E-state index in [9.17, 15) is 9.90 Å². The number of nitrogens with two attached hydrogens (primary N) is 1. The number of rotatable bonds is 6. The number of carbonyl (C=O) groups excluding carboxylic acids is 1. The average Bonchev–Trinajstić information content (AvgIpc) is 3.24. The molecule has 1 aliphatic heterocycles. The van der Waals surface area contributed by atoms with Crippen LogP contribution in [-0.2, 0) is 0 Å². The SMILES string of the molecule is NN=C(C=Nc1ccc(C(=O)N2CCCCC2CCO)cc1)c1n[nH]c2ccccc12. The second kappa shape index (κ2) is 9.53. The van der Waals surface area contributed by atoms with Crippen LogP contribution in [0.2, 0.25) is 0 Å². The lowest BCUT2D eigenvalue weighted by atomic mass is 9.98. The van der Waals surface area contributed by atoms with Gasteiger partial charge in [-0.3, -0.25) is 14.9 Å². The van der Waals surface area contributed by atoms with E-state index in [1.165, 1.54) is 0 Å². The van der Waals surface area contributed by atoms with Crippen molar-refractivity contribution >= 4 is 34.4 Å². The highest BCUT2D eigenvalue weighted by Gasteiger charge is 2.26. The molecule has 1 amide bonds. The fourth-order valence-corrected chi connectivity index (χ4v) is 4.02. The molecular formula is C23H26N6O2. The lowest BCUT2D eigenvalue weighted by molar-refractivity contribution is 0.0574. The molecular weight excluding hydrogens is 392 g/mol. The Morgan fingerprint density at radius 3 is 2.81 bits per heavy atom. The van der Waals surface area contributed by atoms with Gasteiger partial charge in [0.2, 0.25) is 0 Å². The van der Waals surface area contributed by atoms with Gasteiger partial charge >= 0.3 is 0 Å². The molecule has 1 aromatic heterocycles. The summed E-state index contributed by atoms with van der Waals surface area (Å²) in [6.07, 6.45) is 5.23. The van der Waals surface area contributed by atoms with E-state index in [4.69, 9.17) is 5.84 Å². The number of aliphatic hydroxyl groups excluding tert-OH is 1. The molecule has 1 unspecified atom stereocenters. The lowest BCUT2D eigenvalue weighted by Crippen LogP contribution is -2.44. The van der Waals surface area contributed by atoms with Crippen molar-refractivity contribution in [2.75, 3.05) is 13.2 Å². The predicted octanol–water partition coefficient (Wildman–Crippen LogP) is 3.01. The van der Waals surface area contributed by atoms with Gasteiger partial charge in [-0.2, -0.15) is 10.2 Å². The molecule has 0 radical (unpaired) electrons. The fourth-order valence-electron chi connectivity index (χ4n) is 4.02. The molecule has 0 spiro atoms. The zero-order chi connectivity index (χ0) is 21.6. The average molecular weight is 419 g/mol. The molecule has 1 aliphatic rings. The number of aromatic nitrogens is 2. The van der Waals surface area contributed by atoms with Crippen molar-refractivity contribution in [1.29, 1.82) is 0 Å². The normalized spacial score (nSPS) is 17.5. The number of para-hydroxylation sites is 1. The quantitative estimate of drug-likeness (QED) is 0.324. The summed E-state index contributed by atoms with van der Waals surface area (Å²) < 4.78 is 0. The predicted molar refractivity (Wildman–Crippen MR) is 122 cm³/mol. The van der Waals surface area contributed by atoms with Crippen molar-refractivity contribution in [1.82, 2.24) is 15.1 Å². The first-order chi connectivity index (χ1) is 15.2. The molecule has 2 heterocycles. The minimum Gasteiger partial charge on any atom is -0.396 e. The molecule has 1 atom stereocenters. The number of piperidine rings is 1. The van der Waals surface area contributed by atoms with Crippen LogP contribution in [0.1, 0.15) is 41.7 Å². The maximum absolute atomic E-state index is 12.9. The van der Waals surface area contributed by atoms with Gasteiger partial charge in [0, 0.05) is 30.1 Å². The summed E-state index contributed by atoms with van der Waals surface area (Å²) in [6, 6.07) is 15.0. The van der Waals surface area contributed by atoms with Crippen LogP contribution in [0, 0.1) is 0 Å². The highest BCUT2D eigenvalue weighted by atomic mass is 16.3. The third-order valence-corrected chi connectivity index (χ3v) is 5.65. The Labute approximate surface area is 180 Å². The number of hydrogen-bond acceptors (Lipinski definition) is 6. The van der Waals surface area contributed by atoms with Crippen LogP contribution in [-0.4, -0.2) is 57.2 Å². The van der Waals surface area contributed by atoms with E-state index >= 15 is 0 Å². The maximum atomic E-state index is 12.9. The van der Waals surface area contributed by atoms with Gasteiger partial charge in [0.15, 0.2) is 0 Å². The number of H-pyrrole nitrogens is 1. The number of hydrogen-bond donors (Lipinski definition) is 3. The number of carbonyl (C=O) groups is 1. The third-order valence-electron chi connectivity index (χ3n) is 5.65. The van der Waals surface area contributed by atoms with E-state index in [1.54, 1.807) is 30.5 Å². The summed E-state index contributed by atoms with van der Waals surface area (Å²) in [5.74, 6) is 5.58. The van der Waals surface area contributed by atoms with Gasteiger partial charge in [-0.1, -0.05) is 18.2 Å². The minimum atomic E-state index is 0.000817. The molecule has 8 heteroatoms. The highest BCUT2D eigenvalue weighted by Crippen LogP contribution is 2.23. The number of aromatic amines is 1.